The highest BCUT2D eigenvalue weighted by Crippen LogP contribution is 2.45. The van der Waals surface area contributed by atoms with Crippen LogP contribution >= 0.6 is 0 Å². The molecule has 1 heterocycles. The number of non-ortho nitro benzene ring substituents is 1. The summed E-state index contributed by atoms with van der Waals surface area (Å²) in [6.07, 6.45) is 0. The van der Waals surface area contributed by atoms with Crippen molar-refractivity contribution >= 4 is 11.4 Å². The van der Waals surface area contributed by atoms with Crippen LogP contribution < -0.4 is 4.90 Å². The monoisotopic (exact) mass is 220 g/mol. The summed E-state index contributed by atoms with van der Waals surface area (Å²) >= 11 is 0. The maximum Gasteiger partial charge on any atom is 0.271 e. The zero-order valence-corrected chi connectivity index (χ0v) is 10.0. The minimum Gasteiger partial charge on any atom is -0.371 e. The lowest BCUT2D eigenvalue weighted by atomic mass is 9.81. The van der Waals surface area contributed by atoms with Crippen LogP contribution in [0.25, 0.3) is 0 Å². The van der Waals surface area contributed by atoms with Crippen LogP contribution in [0.1, 0.15) is 26.3 Å². The van der Waals surface area contributed by atoms with Crippen LogP contribution in [0, 0.1) is 10.1 Å². The Kier molecular flexibility index (Phi) is 2.19. The number of hydrogen-bond acceptors (Lipinski definition) is 3. The number of hydrogen-bond donors (Lipinski definition) is 0. The summed E-state index contributed by atoms with van der Waals surface area (Å²) in [7, 11) is 1.99. The fraction of sp³-hybridized carbons (Fsp3) is 0.500. The van der Waals surface area contributed by atoms with E-state index in [1.165, 1.54) is 5.56 Å². The Hall–Kier alpha value is -1.58. The summed E-state index contributed by atoms with van der Waals surface area (Å²) in [5.41, 5.74) is 2.37. The van der Waals surface area contributed by atoms with Crippen molar-refractivity contribution in [3.05, 3.63) is 33.9 Å². The molecule has 1 aromatic rings. The van der Waals surface area contributed by atoms with Crippen LogP contribution in [0.3, 0.4) is 0 Å². The normalized spacial score (nSPS) is 22.0. The van der Waals surface area contributed by atoms with Crippen LogP contribution in [-0.2, 0) is 5.41 Å². The SMILES string of the molecule is C[C@@H]1N(C)c2cc([N+](=O)[O-])ccc2C1(C)C. The number of nitro groups is 1. The second kappa shape index (κ2) is 3.20. The van der Waals surface area contributed by atoms with Crippen LogP contribution in [0.4, 0.5) is 11.4 Å². The molecule has 0 aromatic heterocycles. The molecule has 0 amide bonds. The van der Waals surface area contributed by atoms with Gasteiger partial charge in [-0.05, 0) is 18.6 Å². The molecule has 1 aliphatic rings. The molecule has 1 aromatic carbocycles. The van der Waals surface area contributed by atoms with Gasteiger partial charge in [-0.15, -0.1) is 0 Å². The third kappa shape index (κ3) is 1.29. The Bertz CT molecular complexity index is 454. The smallest absolute Gasteiger partial charge is 0.271 e. The van der Waals surface area contributed by atoms with E-state index in [0.717, 1.165) is 5.69 Å². The van der Waals surface area contributed by atoms with Crippen LogP contribution in [0.15, 0.2) is 18.2 Å². The van der Waals surface area contributed by atoms with E-state index in [2.05, 4.69) is 25.7 Å². The summed E-state index contributed by atoms with van der Waals surface area (Å²) in [6.45, 7) is 6.49. The average molecular weight is 220 g/mol. The second-order valence-corrected chi connectivity index (χ2v) is 4.97. The summed E-state index contributed by atoms with van der Waals surface area (Å²) in [4.78, 5) is 12.5. The first-order valence-corrected chi connectivity index (χ1v) is 5.37. The van der Waals surface area contributed by atoms with E-state index in [-0.39, 0.29) is 16.0 Å². The van der Waals surface area contributed by atoms with Crippen molar-refractivity contribution < 1.29 is 4.92 Å². The molecule has 16 heavy (non-hydrogen) atoms. The first-order valence-electron chi connectivity index (χ1n) is 5.37. The van der Waals surface area contributed by atoms with Crippen molar-refractivity contribution in [1.82, 2.24) is 0 Å². The van der Waals surface area contributed by atoms with Gasteiger partial charge in [-0.25, -0.2) is 0 Å². The van der Waals surface area contributed by atoms with Crippen molar-refractivity contribution in [1.29, 1.82) is 0 Å². The quantitative estimate of drug-likeness (QED) is 0.540. The van der Waals surface area contributed by atoms with E-state index in [4.69, 9.17) is 0 Å². The lowest BCUT2D eigenvalue weighted by Gasteiger charge is -2.28. The van der Waals surface area contributed by atoms with Crippen molar-refractivity contribution in [3.8, 4) is 0 Å². The molecular weight excluding hydrogens is 204 g/mol. The maximum atomic E-state index is 10.7. The summed E-state index contributed by atoms with van der Waals surface area (Å²) in [5, 5.41) is 10.7. The molecule has 0 saturated heterocycles. The minimum absolute atomic E-state index is 0.0409. The molecule has 1 atom stereocenters. The number of nitro benzene ring substituents is 1. The van der Waals surface area contributed by atoms with Gasteiger partial charge in [0, 0.05) is 36.3 Å². The molecule has 2 rings (SSSR count). The first-order chi connectivity index (χ1) is 7.35. The van der Waals surface area contributed by atoms with Gasteiger partial charge in [0.05, 0.1) is 4.92 Å². The standard InChI is InChI=1S/C12H16N2O2/c1-8-12(2,3)10-6-5-9(14(15)16)7-11(10)13(8)4/h5-8H,1-4H3/t8-/m0/s1. The van der Waals surface area contributed by atoms with Crippen LogP contribution in [0.5, 0.6) is 0 Å². The second-order valence-electron chi connectivity index (χ2n) is 4.97. The first kappa shape index (κ1) is 10.9. The van der Waals surface area contributed by atoms with E-state index in [0.29, 0.717) is 6.04 Å². The Labute approximate surface area is 95.0 Å². The third-order valence-electron chi connectivity index (χ3n) is 3.89. The largest absolute Gasteiger partial charge is 0.371 e. The lowest BCUT2D eigenvalue weighted by molar-refractivity contribution is -0.384. The Morgan fingerprint density at radius 3 is 2.62 bits per heavy atom. The van der Waals surface area contributed by atoms with Crippen molar-refractivity contribution in [3.63, 3.8) is 0 Å². The number of fused-ring (bicyclic) bond motifs is 1. The fourth-order valence-electron chi connectivity index (χ4n) is 2.39. The zero-order valence-electron chi connectivity index (χ0n) is 10.0. The molecule has 0 bridgehead atoms. The minimum atomic E-state index is -0.343. The Balaban J connectivity index is 2.59. The van der Waals surface area contributed by atoms with E-state index < -0.39 is 0 Å². The molecule has 0 N–H and O–H groups in total. The van der Waals surface area contributed by atoms with E-state index in [1.54, 1.807) is 12.1 Å². The molecule has 0 saturated carbocycles. The van der Waals surface area contributed by atoms with Gasteiger partial charge in [0.25, 0.3) is 5.69 Å². The fourth-order valence-corrected chi connectivity index (χ4v) is 2.39. The number of rotatable bonds is 1. The van der Waals surface area contributed by atoms with Crippen molar-refractivity contribution in [2.75, 3.05) is 11.9 Å². The van der Waals surface area contributed by atoms with Gasteiger partial charge in [0.15, 0.2) is 0 Å². The number of nitrogens with zero attached hydrogens (tertiary/aromatic N) is 2. The van der Waals surface area contributed by atoms with Crippen molar-refractivity contribution in [2.24, 2.45) is 0 Å². The van der Waals surface area contributed by atoms with Gasteiger partial charge in [-0.3, -0.25) is 10.1 Å². The Morgan fingerprint density at radius 1 is 1.44 bits per heavy atom. The molecule has 0 unspecified atom stereocenters. The van der Waals surface area contributed by atoms with E-state index in [9.17, 15) is 10.1 Å². The van der Waals surface area contributed by atoms with Crippen LogP contribution in [0.2, 0.25) is 0 Å². The number of anilines is 1. The molecule has 4 nitrogen and oxygen atoms in total. The highest BCUT2D eigenvalue weighted by molar-refractivity contribution is 5.66. The average Bonchev–Trinajstić information content (AvgIpc) is 2.40. The predicted molar refractivity (Wildman–Crippen MR) is 64.0 cm³/mol. The molecule has 4 heteroatoms. The summed E-state index contributed by atoms with van der Waals surface area (Å²) < 4.78 is 0. The van der Waals surface area contributed by atoms with E-state index >= 15 is 0 Å². The van der Waals surface area contributed by atoms with Gasteiger partial charge in [-0.2, -0.15) is 0 Å². The molecule has 0 fully saturated rings. The summed E-state index contributed by atoms with van der Waals surface area (Å²) in [6, 6.07) is 5.49. The van der Waals surface area contributed by atoms with Gasteiger partial charge < -0.3 is 4.90 Å². The van der Waals surface area contributed by atoms with Gasteiger partial charge in [0.2, 0.25) is 0 Å². The molecule has 86 valence electrons. The lowest BCUT2D eigenvalue weighted by Crippen LogP contribution is -2.36. The van der Waals surface area contributed by atoms with Gasteiger partial charge >= 0.3 is 0 Å². The topological polar surface area (TPSA) is 46.4 Å². The number of likely N-dealkylation sites (N-methyl/N-ethyl adjacent to an activating group) is 1. The third-order valence-corrected chi connectivity index (χ3v) is 3.89. The summed E-state index contributed by atoms with van der Waals surface area (Å²) in [5.74, 6) is 0. The number of benzene rings is 1. The van der Waals surface area contributed by atoms with Crippen molar-refractivity contribution in [2.45, 2.75) is 32.2 Å². The highest BCUT2D eigenvalue weighted by atomic mass is 16.6. The molecule has 0 radical (unpaired) electrons. The molecular formula is C12H16N2O2. The van der Waals surface area contributed by atoms with Gasteiger partial charge in [0.1, 0.15) is 0 Å². The Morgan fingerprint density at radius 2 is 2.06 bits per heavy atom. The molecule has 1 aliphatic heterocycles. The maximum absolute atomic E-state index is 10.7. The zero-order chi connectivity index (χ0) is 12.1. The van der Waals surface area contributed by atoms with Crippen LogP contribution in [-0.4, -0.2) is 18.0 Å². The van der Waals surface area contributed by atoms with Gasteiger partial charge in [-0.1, -0.05) is 13.8 Å². The highest BCUT2D eigenvalue weighted by Gasteiger charge is 2.40. The predicted octanol–water partition coefficient (Wildman–Crippen LogP) is 2.71. The van der Waals surface area contributed by atoms with E-state index in [1.807, 2.05) is 13.1 Å². The molecule has 0 aliphatic carbocycles. The molecule has 0 spiro atoms.